The minimum atomic E-state index is -0.196. The van der Waals surface area contributed by atoms with Crippen LogP contribution in [0.3, 0.4) is 0 Å². The van der Waals surface area contributed by atoms with Gasteiger partial charge in [-0.05, 0) is 44.0 Å². The van der Waals surface area contributed by atoms with E-state index in [9.17, 15) is 9.59 Å². The van der Waals surface area contributed by atoms with Crippen molar-refractivity contribution in [3.8, 4) is 5.75 Å². The van der Waals surface area contributed by atoms with Crippen LogP contribution >= 0.6 is 0 Å². The number of aryl methyl sites for hydroxylation is 1. The molecule has 1 aromatic heterocycles. The van der Waals surface area contributed by atoms with Crippen molar-refractivity contribution in [2.45, 2.75) is 33.2 Å². The molecule has 0 aliphatic heterocycles. The van der Waals surface area contributed by atoms with Gasteiger partial charge in [-0.15, -0.1) is 0 Å². The van der Waals surface area contributed by atoms with Crippen LogP contribution in [-0.4, -0.2) is 22.1 Å². The molecule has 7 heteroatoms. The molecule has 2 N–H and O–H groups in total. The van der Waals surface area contributed by atoms with E-state index in [-0.39, 0.29) is 11.5 Å². The number of carbonyl (C=O) groups excluding carboxylic acids is 1. The van der Waals surface area contributed by atoms with E-state index in [4.69, 9.17) is 4.74 Å². The number of amides is 1. The first kappa shape index (κ1) is 19.4. The second-order valence-electron chi connectivity index (χ2n) is 6.39. The van der Waals surface area contributed by atoms with E-state index in [1.165, 1.54) is 4.57 Å². The lowest BCUT2D eigenvalue weighted by Crippen LogP contribution is -2.34. The van der Waals surface area contributed by atoms with Gasteiger partial charge in [0.1, 0.15) is 5.75 Å². The summed E-state index contributed by atoms with van der Waals surface area (Å²) in [4.78, 5) is 29.1. The number of carbonyl (C=O) groups is 1. The minimum Gasteiger partial charge on any atom is -0.493 e. The van der Waals surface area contributed by atoms with E-state index < -0.39 is 0 Å². The van der Waals surface area contributed by atoms with Gasteiger partial charge in [0, 0.05) is 13.0 Å². The summed E-state index contributed by atoms with van der Waals surface area (Å²) in [5, 5.41) is 0.551. The molecule has 28 heavy (non-hydrogen) atoms. The molecule has 2 aromatic carbocycles. The molecule has 0 fully saturated rings. The molecule has 0 bridgehead atoms. The minimum absolute atomic E-state index is 0.142. The highest BCUT2D eigenvalue weighted by Gasteiger charge is 2.10. The maximum absolute atomic E-state index is 12.6. The summed E-state index contributed by atoms with van der Waals surface area (Å²) in [6.07, 6.45) is 0.871. The molecule has 0 aliphatic carbocycles. The van der Waals surface area contributed by atoms with E-state index in [1.807, 2.05) is 44.2 Å². The molecule has 3 rings (SSSR count). The standard InChI is InChI=1S/C21H24N4O3/c1-3-25-20(27)16-10-5-6-11-17(16)22-21(25)24-23-19(26)13-8-14-28-18-12-7-4-9-15(18)2/h4-7,9-12H,3,8,13-14H2,1-2H3,(H,22,24)(H,23,26). The number of rotatable bonds is 8. The molecule has 3 aromatic rings. The van der Waals surface area contributed by atoms with E-state index in [2.05, 4.69) is 15.8 Å². The number of fused-ring (bicyclic) bond motifs is 1. The Morgan fingerprint density at radius 1 is 1.14 bits per heavy atom. The number of hydrogen-bond donors (Lipinski definition) is 2. The lowest BCUT2D eigenvalue weighted by Gasteiger charge is -2.14. The topological polar surface area (TPSA) is 85.2 Å². The first-order valence-corrected chi connectivity index (χ1v) is 9.33. The average Bonchev–Trinajstić information content (AvgIpc) is 2.71. The van der Waals surface area contributed by atoms with Crippen molar-refractivity contribution in [3.05, 3.63) is 64.4 Å². The Morgan fingerprint density at radius 2 is 1.89 bits per heavy atom. The Kier molecular flexibility index (Phi) is 6.26. The van der Waals surface area contributed by atoms with Crippen LogP contribution in [0.15, 0.2) is 53.3 Å². The molecule has 0 atom stereocenters. The monoisotopic (exact) mass is 380 g/mol. The van der Waals surface area contributed by atoms with Crippen molar-refractivity contribution in [3.63, 3.8) is 0 Å². The van der Waals surface area contributed by atoms with Crippen molar-refractivity contribution in [2.24, 2.45) is 0 Å². The van der Waals surface area contributed by atoms with Gasteiger partial charge in [0.25, 0.3) is 5.56 Å². The summed E-state index contributed by atoms with van der Waals surface area (Å²) >= 11 is 0. The fraction of sp³-hybridized carbons (Fsp3) is 0.286. The van der Waals surface area contributed by atoms with Gasteiger partial charge in [0.15, 0.2) is 0 Å². The molecule has 7 nitrogen and oxygen atoms in total. The van der Waals surface area contributed by atoms with Gasteiger partial charge >= 0.3 is 0 Å². The van der Waals surface area contributed by atoms with Crippen LogP contribution in [0.2, 0.25) is 0 Å². The van der Waals surface area contributed by atoms with Gasteiger partial charge < -0.3 is 4.74 Å². The fourth-order valence-corrected chi connectivity index (χ4v) is 2.88. The maximum atomic E-state index is 12.6. The van der Waals surface area contributed by atoms with Crippen molar-refractivity contribution in [2.75, 3.05) is 12.0 Å². The molecule has 0 radical (unpaired) electrons. The smallest absolute Gasteiger partial charge is 0.262 e. The van der Waals surface area contributed by atoms with Gasteiger partial charge in [0.2, 0.25) is 11.9 Å². The number of para-hydroxylation sites is 2. The second kappa shape index (κ2) is 9.03. The van der Waals surface area contributed by atoms with Gasteiger partial charge in [-0.2, -0.15) is 0 Å². The fourth-order valence-electron chi connectivity index (χ4n) is 2.88. The van der Waals surface area contributed by atoms with Crippen LogP contribution in [0, 0.1) is 6.92 Å². The summed E-state index contributed by atoms with van der Waals surface area (Å²) in [6, 6.07) is 14.9. The first-order chi connectivity index (χ1) is 13.6. The molecule has 1 heterocycles. The third-order valence-corrected chi connectivity index (χ3v) is 4.39. The molecular formula is C21H24N4O3. The molecule has 0 aliphatic rings. The zero-order valence-corrected chi connectivity index (χ0v) is 16.1. The number of hydrogen-bond acceptors (Lipinski definition) is 5. The summed E-state index contributed by atoms with van der Waals surface area (Å²) in [5.74, 6) is 0.947. The van der Waals surface area contributed by atoms with Crippen LogP contribution < -0.4 is 21.1 Å². The maximum Gasteiger partial charge on any atom is 0.262 e. The van der Waals surface area contributed by atoms with Crippen molar-refractivity contribution in [1.29, 1.82) is 0 Å². The molecule has 0 saturated heterocycles. The number of aromatic nitrogens is 2. The summed E-state index contributed by atoms with van der Waals surface area (Å²) in [7, 11) is 0. The predicted octanol–water partition coefficient (Wildman–Crippen LogP) is 3.03. The van der Waals surface area contributed by atoms with Gasteiger partial charge in [0.05, 0.1) is 17.5 Å². The Balaban J connectivity index is 1.54. The van der Waals surface area contributed by atoms with Crippen LogP contribution in [-0.2, 0) is 11.3 Å². The average molecular weight is 380 g/mol. The van der Waals surface area contributed by atoms with Crippen LogP contribution in [0.1, 0.15) is 25.3 Å². The normalized spacial score (nSPS) is 10.6. The van der Waals surface area contributed by atoms with Crippen LogP contribution in [0.25, 0.3) is 10.9 Å². The summed E-state index contributed by atoms with van der Waals surface area (Å²) in [6.45, 7) is 4.73. The lowest BCUT2D eigenvalue weighted by atomic mass is 10.2. The van der Waals surface area contributed by atoms with Crippen molar-refractivity contribution in [1.82, 2.24) is 15.0 Å². The van der Waals surface area contributed by atoms with E-state index in [1.54, 1.807) is 18.2 Å². The molecular weight excluding hydrogens is 356 g/mol. The van der Waals surface area contributed by atoms with Gasteiger partial charge in [-0.1, -0.05) is 30.3 Å². The number of nitrogens with one attached hydrogen (secondary N) is 2. The highest BCUT2D eigenvalue weighted by atomic mass is 16.5. The number of ether oxygens (including phenoxy) is 1. The third-order valence-electron chi connectivity index (χ3n) is 4.39. The first-order valence-electron chi connectivity index (χ1n) is 9.33. The lowest BCUT2D eigenvalue weighted by molar-refractivity contribution is -0.120. The number of anilines is 1. The zero-order valence-electron chi connectivity index (χ0n) is 16.1. The van der Waals surface area contributed by atoms with Crippen molar-refractivity contribution >= 4 is 22.8 Å². The van der Waals surface area contributed by atoms with Gasteiger partial charge in [-0.3, -0.25) is 25.0 Å². The predicted molar refractivity (Wildman–Crippen MR) is 109 cm³/mol. The zero-order chi connectivity index (χ0) is 19.9. The third kappa shape index (κ3) is 4.49. The molecule has 0 unspecified atom stereocenters. The summed E-state index contributed by atoms with van der Waals surface area (Å²) < 4.78 is 7.18. The van der Waals surface area contributed by atoms with E-state index >= 15 is 0 Å². The highest BCUT2D eigenvalue weighted by Crippen LogP contribution is 2.16. The Hall–Kier alpha value is -3.35. The molecule has 146 valence electrons. The number of hydrazine groups is 1. The molecule has 0 saturated carbocycles. The SMILES string of the molecule is CCn1c(NNC(=O)CCCOc2ccccc2C)nc2ccccc2c1=O. The van der Waals surface area contributed by atoms with E-state index in [0.29, 0.717) is 42.8 Å². The Bertz CT molecular complexity index is 1030. The molecule has 1 amide bonds. The van der Waals surface area contributed by atoms with Crippen molar-refractivity contribution < 1.29 is 9.53 Å². The number of nitrogens with zero attached hydrogens (tertiary/aromatic N) is 2. The number of benzene rings is 2. The van der Waals surface area contributed by atoms with Crippen LogP contribution in [0.4, 0.5) is 5.95 Å². The molecule has 0 spiro atoms. The Labute approximate surface area is 163 Å². The largest absolute Gasteiger partial charge is 0.493 e. The van der Waals surface area contributed by atoms with Gasteiger partial charge in [-0.25, -0.2) is 4.98 Å². The summed E-state index contributed by atoms with van der Waals surface area (Å²) in [5.41, 5.74) is 6.89. The highest BCUT2D eigenvalue weighted by molar-refractivity contribution is 5.79. The second-order valence-corrected chi connectivity index (χ2v) is 6.39. The quantitative estimate of drug-likeness (QED) is 0.463. The van der Waals surface area contributed by atoms with Crippen LogP contribution in [0.5, 0.6) is 5.75 Å². The van der Waals surface area contributed by atoms with E-state index in [0.717, 1.165) is 11.3 Å². The Morgan fingerprint density at radius 3 is 2.68 bits per heavy atom.